The number of hydrogen-bond donors (Lipinski definition) is 0. The molecular weight excluding hydrogens is 194 g/mol. The molecule has 0 spiro atoms. The summed E-state index contributed by atoms with van der Waals surface area (Å²) in [5.74, 6) is 0. The predicted octanol–water partition coefficient (Wildman–Crippen LogP) is 0.841. The van der Waals surface area contributed by atoms with Gasteiger partial charge < -0.3 is 4.55 Å². The summed E-state index contributed by atoms with van der Waals surface area (Å²) in [5, 5.41) is 8.69. The van der Waals surface area contributed by atoms with Crippen molar-refractivity contribution in [3.05, 3.63) is 46.0 Å². The lowest BCUT2D eigenvalue weighted by Crippen LogP contribution is -2.15. The van der Waals surface area contributed by atoms with Crippen LogP contribution in [-0.2, 0) is 11.1 Å². The maximum atomic E-state index is 10.5. The molecule has 1 rings (SSSR count). The molecule has 0 aliphatic heterocycles. The molecule has 0 aromatic heterocycles. The van der Waals surface area contributed by atoms with Crippen molar-refractivity contribution in [1.29, 1.82) is 0 Å². The molecule has 0 saturated heterocycles. The van der Waals surface area contributed by atoms with E-state index in [2.05, 4.69) is 0 Å². The number of rotatable bonds is 3. The quantitative estimate of drug-likeness (QED) is 0.411. The molecule has 0 bridgehead atoms. The summed E-state index contributed by atoms with van der Waals surface area (Å²) in [5.41, 5.74) is 0.167. The van der Waals surface area contributed by atoms with Gasteiger partial charge in [0.15, 0.2) is 0 Å². The van der Waals surface area contributed by atoms with Gasteiger partial charge in [-0.3, -0.25) is 14.3 Å². The Balaban J connectivity index is 3.03. The minimum atomic E-state index is -2.73. The third-order valence-electron chi connectivity index (χ3n) is 1.46. The van der Waals surface area contributed by atoms with Gasteiger partial charge >= 0.3 is 0 Å². The van der Waals surface area contributed by atoms with E-state index >= 15 is 0 Å². The summed E-state index contributed by atoms with van der Waals surface area (Å²) in [6.07, 6.45) is 0. The molecule has 2 unspecified atom stereocenters. The Labute approximate surface area is 76.8 Å². The molecule has 0 heterocycles. The Morgan fingerprint density at radius 2 is 1.85 bits per heavy atom. The monoisotopic (exact) mass is 200 g/mol. The Bertz CT molecular complexity index is 313. The van der Waals surface area contributed by atoms with Crippen LogP contribution in [0.5, 0.6) is 0 Å². The molecule has 0 N–H and O–H groups in total. The minimum absolute atomic E-state index is 0.167. The van der Waals surface area contributed by atoms with E-state index in [0.717, 1.165) is 0 Å². The van der Waals surface area contributed by atoms with Crippen molar-refractivity contribution < 1.29 is 13.7 Å². The second kappa shape index (κ2) is 4.11. The van der Waals surface area contributed by atoms with Crippen LogP contribution >= 0.6 is 0 Å². The normalized spacial score (nSPS) is 14.8. The lowest BCUT2D eigenvalue weighted by atomic mass is 10.2. The van der Waals surface area contributed by atoms with Crippen LogP contribution in [0.2, 0.25) is 0 Å². The lowest BCUT2D eigenvalue weighted by molar-refractivity contribution is -0.502. The highest BCUT2D eigenvalue weighted by molar-refractivity contribution is 7.79. The molecule has 0 radical (unpaired) electrons. The van der Waals surface area contributed by atoms with E-state index in [1.807, 2.05) is 0 Å². The zero-order valence-electron chi connectivity index (χ0n) is 6.45. The molecular formula is C7H6NO4S-. The van der Waals surface area contributed by atoms with Gasteiger partial charge in [-0.05, 0) is 0 Å². The topological polar surface area (TPSA) is 83.3 Å². The van der Waals surface area contributed by atoms with E-state index in [9.17, 15) is 18.9 Å². The van der Waals surface area contributed by atoms with E-state index in [1.54, 1.807) is 18.2 Å². The second-order valence-electron chi connectivity index (χ2n) is 2.31. The number of nitro groups is 1. The molecule has 1 aromatic carbocycles. The average molecular weight is 200 g/mol. The van der Waals surface area contributed by atoms with Gasteiger partial charge in [0.1, 0.15) is 0 Å². The molecule has 0 aliphatic carbocycles. The zero-order chi connectivity index (χ0) is 9.84. The SMILES string of the molecule is O=[N+]([O-])C(c1ccccc1)S(=O)[O-]. The molecule has 6 heteroatoms. The van der Waals surface area contributed by atoms with Crippen molar-refractivity contribution in [1.82, 2.24) is 0 Å². The highest BCUT2D eigenvalue weighted by atomic mass is 32.2. The van der Waals surface area contributed by atoms with Crippen molar-refractivity contribution in [2.45, 2.75) is 5.37 Å². The first-order valence-electron chi connectivity index (χ1n) is 3.39. The Morgan fingerprint density at radius 3 is 2.23 bits per heavy atom. The smallest absolute Gasteiger partial charge is 0.298 e. The summed E-state index contributed by atoms with van der Waals surface area (Å²) in [6.45, 7) is 0. The highest BCUT2D eigenvalue weighted by Gasteiger charge is 2.22. The van der Waals surface area contributed by atoms with Gasteiger partial charge in [0.25, 0.3) is 5.37 Å². The predicted molar refractivity (Wildman–Crippen MR) is 45.1 cm³/mol. The third-order valence-corrected chi connectivity index (χ3v) is 2.27. The van der Waals surface area contributed by atoms with Gasteiger partial charge in [-0.25, -0.2) is 0 Å². The molecule has 1 aromatic rings. The summed E-state index contributed by atoms with van der Waals surface area (Å²) in [6, 6.07) is 7.58. The number of benzene rings is 1. The van der Waals surface area contributed by atoms with Crippen molar-refractivity contribution in [2.24, 2.45) is 0 Å². The highest BCUT2D eigenvalue weighted by Crippen LogP contribution is 2.18. The Morgan fingerprint density at radius 1 is 1.31 bits per heavy atom. The molecule has 0 saturated carbocycles. The van der Waals surface area contributed by atoms with Gasteiger partial charge in [-0.15, -0.1) is 0 Å². The first-order chi connectivity index (χ1) is 6.13. The van der Waals surface area contributed by atoms with Crippen LogP contribution in [0.4, 0.5) is 0 Å². The molecule has 0 aliphatic rings. The van der Waals surface area contributed by atoms with Crippen LogP contribution in [0.3, 0.4) is 0 Å². The van der Waals surface area contributed by atoms with Crippen LogP contribution in [-0.4, -0.2) is 13.7 Å². The van der Waals surface area contributed by atoms with Crippen LogP contribution in [0.15, 0.2) is 30.3 Å². The van der Waals surface area contributed by atoms with E-state index in [0.29, 0.717) is 0 Å². The Kier molecular flexibility index (Phi) is 3.10. The molecule has 5 nitrogen and oxygen atoms in total. The fourth-order valence-electron chi connectivity index (χ4n) is 0.921. The van der Waals surface area contributed by atoms with E-state index in [1.165, 1.54) is 12.1 Å². The lowest BCUT2D eigenvalue weighted by Gasteiger charge is -2.11. The summed E-state index contributed by atoms with van der Waals surface area (Å²) >= 11 is -2.73. The molecule has 70 valence electrons. The molecule has 0 amide bonds. The van der Waals surface area contributed by atoms with Crippen molar-refractivity contribution in [3.63, 3.8) is 0 Å². The first kappa shape index (κ1) is 9.82. The largest absolute Gasteiger partial charge is 0.767 e. The van der Waals surface area contributed by atoms with Gasteiger partial charge in [-0.1, -0.05) is 30.3 Å². The fourth-order valence-corrected chi connectivity index (χ4v) is 1.44. The van der Waals surface area contributed by atoms with E-state index in [-0.39, 0.29) is 5.56 Å². The number of nitrogens with zero attached hydrogens (tertiary/aromatic N) is 1. The van der Waals surface area contributed by atoms with Crippen molar-refractivity contribution in [3.8, 4) is 0 Å². The summed E-state index contributed by atoms with van der Waals surface area (Å²) in [4.78, 5) is 9.52. The maximum absolute atomic E-state index is 10.5. The van der Waals surface area contributed by atoms with E-state index < -0.39 is 21.4 Å². The molecule has 0 fully saturated rings. The second-order valence-corrected chi connectivity index (χ2v) is 3.28. The Hall–Kier alpha value is -1.27. The third kappa shape index (κ3) is 2.33. The number of hydrogen-bond acceptors (Lipinski definition) is 4. The van der Waals surface area contributed by atoms with Gasteiger partial charge in [-0.2, -0.15) is 0 Å². The van der Waals surface area contributed by atoms with Crippen molar-refractivity contribution in [2.75, 3.05) is 0 Å². The minimum Gasteiger partial charge on any atom is -0.767 e. The average Bonchev–Trinajstić information content (AvgIpc) is 2.04. The van der Waals surface area contributed by atoms with Crippen LogP contribution < -0.4 is 0 Å². The van der Waals surface area contributed by atoms with Crippen molar-refractivity contribution >= 4 is 11.1 Å². The standard InChI is InChI=1S/C7H7NO4S/c9-8(10)7(13(11)12)6-4-2-1-3-5-6/h1-5,7H,(H,11,12)/p-1. The van der Waals surface area contributed by atoms with Gasteiger partial charge in [0.05, 0.1) is 0 Å². The van der Waals surface area contributed by atoms with Gasteiger partial charge in [0.2, 0.25) is 0 Å². The molecule has 2 atom stereocenters. The van der Waals surface area contributed by atoms with Crippen LogP contribution in [0.25, 0.3) is 0 Å². The zero-order valence-corrected chi connectivity index (χ0v) is 7.27. The first-order valence-corrected chi connectivity index (χ1v) is 4.53. The van der Waals surface area contributed by atoms with E-state index in [4.69, 9.17) is 0 Å². The van der Waals surface area contributed by atoms with Crippen LogP contribution in [0, 0.1) is 10.1 Å². The fraction of sp³-hybridized carbons (Fsp3) is 0.143. The summed E-state index contributed by atoms with van der Waals surface area (Å²) < 4.78 is 21.0. The summed E-state index contributed by atoms with van der Waals surface area (Å²) in [7, 11) is 0. The maximum Gasteiger partial charge on any atom is 0.298 e. The molecule has 13 heavy (non-hydrogen) atoms. The van der Waals surface area contributed by atoms with Crippen LogP contribution in [0.1, 0.15) is 10.9 Å². The van der Waals surface area contributed by atoms with Gasteiger partial charge in [0, 0.05) is 21.6 Å².